The summed E-state index contributed by atoms with van der Waals surface area (Å²) in [5.74, 6) is 0. The summed E-state index contributed by atoms with van der Waals surface area (Å²) >= 11 is 0. The van der Waals surface area contributed by atoms with Gasteiger partial charge in [0, 0.05) is 32.9 Å². The van der Waals surface area contributed by atoms with Gasteiger partial charge in [-0.25, -0.2) is 0 Å². The Morgan fingerprint density at radius 1 is 1.30 bits per heavy atom. The van der Waals surface area contributed by atoms with Gasteiger partial charge in [-0.2, -0.15) is 0 Å². The van der Waals surface area contributed by atoms with E-state index < -0.39 is 0 Å². The van der Waals surface area contributed by atoms with Gasteiger partial charge in [0.05, 0.1) is 23.0 Å². The lowest BCUT2D eigenvalue weighted by molar-refractivity contribution is 0.131. The lowest BCUT2D eigenvalue weighted by Gasteiger charge is -2.52. The Balaban J connectivity index is 0.000000924. The van der Waals surface area contributed by atoms with Crippen molar-refractivity contribution in [3.05, 3.63) is 35.3 Å². The molecule has 0 saturated carbocycles. The van der Waals surface area contributed by atoms with Crippen molar-refractivity contribution in [1.82, 2.24) is 15.1 Å². The lowest BCUT2D eigenvalue weighted by atomic mass is 9.80. The van der Waals surface area contributed by atoms with Crippen molar-refractivity contribution < 1.29 is 4.74 Å². The van der Waals surface area contributed by atoms with Gasteiger partial charge in [-0.1, -0.05) is 12.2 Å². The first-order valence-corrected chi connectivity index (χ1v) is 8.25. The summed E-state index contributed by atoms with van der Waals surface area (Å²) in [4.78, 5) is 4.79. The number of likely N-dealkylation sites (tertiary alicyclic amines) is 1. The van der Waals surface area contributed by atoms with Crippen LogP contribution in [0.2, 0.25) is 0 Å². The van der Waals surface area contributed by atoms with E-state index in [0.29, 0.717) is 0 Å². The van der Waals surface area contributed by atoms with Gasteiger partial charge < -0.3 is 19.9 Å². The van der Waals surface area contributed by atoms with E-state index in [4.69, 9.17) is 4.74 Å². The number of methoxy groups -OCH3 is 1. The first-order chi connectivity index (χ1) is 11.1. The Morgan fingerprint density at radius 2 is 1.96 bits per heavy atom. The molecule has 126 valence electrons. The summed E-state index contributed by atoms with van der Waals surface area (Å²) < 4.78 is 5.52. The fraction of sp³-hybridized carbons (Fsp3) is 0.579. The molecule has 1 aliphatic carbocycles. The van der Waals surface area contributed by atoms with E-state index in [1.165, 1.54) is 17.1 Å². The molecule has 1 spiro atoms. The van der Waals surface area contributed by atoms with E-state index in [-0.39, 0.29) is 11.6 Å². The van der Waals surface area contributed by atoms with Crippen LogP contribution in [0, 0.1) is 12.8 Å². The molecule has 4 nitrogen and oxygen atoms in total. The molecule has 0 amide bonds. The molecule has 2 saturated heterocycles. The Labute approximate surface area is 140 Å². The van der Waals surface area contributed by atoms with Gasteiger partial charge in [0.1, 0.15) is 0 Å². The molecular weight excluding hydrogens is 286 g/mol. The van der Waals surface area contributed by atoms with Crippen LogP contribution >= 0.6 is 0 Å². The number of fused-ring (bicyclic) bond motifs is 1. The smallest absolute Gasteiger partial charge is 0.0810 e. The van der Waals surface area contributed by atoms with E-state index in [1.54, 1.807) is 7.11 Å². The maximum Gasteiger partial charge on any atom is 0.0810 e. The van der Waals surface area contributed by atoms with Gasteiger partial charge in [0.15, 0.2) is 0 Å². The number of piperidine rings is 1. The zero-order chi connectivity index (χ0) is 17.0. The second-order valence-electron chi connectivity index (χ2n) is 6.42. The predicted molar refractivity (Wildman–Crippen MR) is 95.6 cm³/mol. The minimum absolute atomic E-state index is 0.0782. The highest BCUT2D eigenvalue weighted by Crippen LogP contribution is 2.40. The quantitative estimate of drug-likeness (QED) is 0.752. The van der Waals surface area contributed by atoms with Crippen molar-refractivity contribution in [1.29, 1.82) is 0 Å². The number of hydrogen-bond donors (Lipinski definition) is 1. The van der Waals surface area contributed by atoms with Crippen LogP contribution in [0.1, 0.15) is 26.2 Å². The monoisotopic (exact) mass is 315 g/mol. The third kappa shape index (κ3) is 3.17. The molecule has 0 aromatic heterocycles. The van der Waals surface area contributed by atoms with Crippen molar-refractivity contribution in [2.75, 3.05) is 34.3 Å². The Bertz CT molecular complexity index is 536. The van der Waals surface area contributed by atoms with Crippen LogP contribution in [0.3, 0.4) is 0 Å². The zero-order valence-electron chi connectivity index (χ0n) is 14.8. The summed E-state index contributed by atoms with van der Waals surface area (Å²) in [5.41, 5.74) is 4.02. The van der Waals surface area contributed by atoms with Crippen molar-refractivity contribution in [3.8, 4) is 12.8 Å². The van der Waals surface area contributed by atoms with Gasteiger partial charge in [-0.15, -0.1) is 12.8 Å². The fourth-order valence-electron chi connectivity index (χ4n) is 3.89. The normalized spacial score (nSPS) is 28.2. The third-order valence-electron chi connectivity index (χ3n) is 5.18. The first-order valence-electron chi connectivity index (χ1n) is 8.25. The van der Waals surface area contributed by atoms with Crippen molar-refractivity contribution >= 4 is 0 Å². The second-order valence-corrected chi connectivity index (χ2v) is 6.42. The highest BCUT2D eigenvalue weighted by atomic mass is 16.5. The maximum absolute atomic E-state index is 5.52. The number of hydrogen-bond acceptors (Lipinski definition) is 4. The third-order valence-corrected chi connectivity index (χ3v) is 5.18. The van der Waals surface area contributed by atoms with Crippen molar-refractivity contribution in [2.45, 2.75) is 37.8 Å². The molecule has 2 heterocycles. The predicted octanol–water partition coefficient (Wildman–Crippen LogP) is 2.33. The molecule has 0 radical (unpaired) electrons. The Morgan fingerprint density at radius 3 is 2.52 bits per heavy atom. The van der Waals surface area contributed by atoms with Crippen LogP contribution in [0.25, 0.3) is 0 Å². The first kappa shape index (κ1) is 17.7. The number of rotatable bonds is 1. The zero-order valence-corrected chi connectivity index (χ0v) is 14.8. The summed E-state index contributed by atoms with van der Waals surface area (Å²) in [5, 5.41) is 3.86. The molecule has 4 heteroatoms. The van der Waals surface area contributed by atoms with Gasteiger partial charge in [0.2, 0.25) is 0 Å². The number of terminal acetylenes is 1. The fourth-order valence-corrected chi connectivity index (χ4v) is 3.89. The minimum Gasteiger partial charge on any atom is -0.377 e. The molecule has 1 unspecified atom stereocenters. The van der Waals surface area contributed by atoms with E-state index >= 15 is 0 Å². The number of nitrogens with one attached hydrogen (secondary N) is 1. The van der Waals surface area contributed by atoms with E-state index in [1.807, 2.05) is 0 Å². The Hall–Kier alpha value is -1.70. The van der Waals surface area contributed by atoms with Crippen LogP contribution in [-0.2, 0) is 4.74 Å². The molecular formula is C19H29N3O. The number of likely N-dealkylation sites (N-methyl/N-ethyl adjacent to an activating group) is 1. The second kappa shape index (κ2) is 7.25. The molecule has 0 aromatic rings. The van der Waals surface area contributed by atoms with Crippen LogP contribution in [-0.4, -0.2) is 55.7 Å². The van der Waals surface area contributed by atoms with Crippen LogP contribution in [0.4, 0.5) is 0 Å². The topological polar surface area (TPSA) is 27.7 Å². The molecule has 1 atom stereocenters. The summed E-state index contributed by atoms with van der Waals surface area (Å²) in [6.07, 6.45) is 18.3. The van der Waals surface area contributed by atoms with Gasteiger partial charge >= 0.3 is 0 Å². The van der Waals surface area contributed by atoms with E-state index in [9.17, 15) is 0 Å². The van der Waals surface area contributed by atoms with E-state index in [2.05, 4.69) is 67.2 Å². The van der Waals surface area contributed by atoms with Gasteiger partial charge in [-0.3, -0.25) is 0 Å². The maximum atomic E-state index is 5.52. The van der Waals surface area contributed by atoms with Crippen LogP contribution in [0.5, 0.6) is 0 Å². The highest BCUT2D eigenvalue weighted by molar-refractivity contribution is 5.44. The number of nitrogens with zero attached hydrogens (tertiary/aromatic N) is 2. The van der Waals surface area contributed by atoms with Crippen LogP contribution < -0.4 is 5.32 Å². The molecule has 3 aliphatic rings. The Kier molecular flexibility index (Phi) is 5.56. The number of piperazine rings is 1. The molecule has 3 rings (SSSR count). The molecule has 1 N–H and O–H groups in total. The number of allylic oxidation sites excluding steroid dienone is 1. The summed E-state index contributed by atoms with van der Waals surface area (Å²) in [6, 6.07) is 0. The summed E-state index contributed by atoms with van der Waals surface area (Å²) in [6.45, 7) is 4.43. The lowest BCUT2D eigenvalue weighted by Crippen LogP contribution is -2.60. The molecule has 2 aliphatic heterocycles. The minimum atomic E-state index is 0.0782. The molecule has 0 bridgehead atoms. The number of ether oxygens (including phenoxy) is 1. The SMILES string of the molecule is C#C.C/C=C1\N(C)C2=CCC(OC)C=C2NC12CCN(C)CC2. The van der Waals surface area contributed by atoms with Gasteiger partial charge in [-0.05, 0) is 39.3 Å². The molecule has 2 fully saturated rings. The standard InChI is InChI=1S/C17H27N3O.C2H2/c1-5-16-17(8-10-19(2)11-9-17)18-14-12-13(21-4)6-7-15(14)20(16)3;1-2/h5,7,12-13,18H,6,8-11H2,1-4H3;1-2H/b16-5-;. The van der Waals surface area contributed by atoms with E-state index in [0.717, 1.165) is 32.4 Å². The van der Waals surface area contributed by atoms with Gasteiger partial charge in [0.25, 0.3) is 0 Å². The van der Waals surface area contributed by atoms with Crippen molar-refractivity contribution in [2.24, 2.45) is 0 Å². The van der Waals surface area contributed by atoms with Crippen molar-refractivity contribution in [3.63, 3.8) is 0 Å². The molecule has 0 aromatic carbocycles. The summed E-state index contributed by atoms with van der Waals surface area (Å²) in [7, 11) is 6.19. The average Bonchev–Trinajstić information content (AvgIpc) is 2.59. The average molecular weight is 315 g/mol. The largest absolute Gasteiger partial charge is 0.377 e. The van der Waals surface area contributed by atoms with Crippen LogP contribution in [0.15, 0.2) is 35.3 Å². The highest BCUT2D eigenvalue weighted by Gasteiger charge is 2.44. The molecule has 23 heavy (non-hydrogen) atoms.